The van der Waals surface area contributed by atoms with Crippen molar-refractivity contribution in [1.82, 2.24) is 0 Å². The number of hydrogen-bond donors (Lipinski definition) is 1. The van der Waals surface area contributed by atoms with Gasteiger partial charge in [0.1, 0.15) is 6.10 Å². The standard InChI is InChI=1S/C18H26O4SSi/c1-18(2,3)24(4,5)22-15-12-9-13-16(17(15)19)23(20,21)14-10-7-6-8-11-14/h6-13,15,17,19H,1-5H3/t15-,17-/m0/s1. The largest absolute Gasteiger partial charge is 0.408 e. The Balaban J connectivity index is 2.30. The zero-order valence-corrected chi connectivity index (χ0v) is 16.7. The molecular formula is C18H26O4SSi. The zero-order chi connectivity index (χ0) is 18.2. The van der Waals surface area contributed by atoms with E-state index < -0.39 is 30.4 Å². The maximum atomic E-state index is 12.8. The van der Waals surface area contributed by atoms with Crippen LogP contribution in [0.2, 0.25) is 18.1 Å². The fraction of sp³-hybridized carbons (Fsp3) is 0.444. The fourth-order valence-electron chi connectivity index (χ4n) is 2.23. The summed E-state index contributed by atoms with van der Waals surface area (Å²) in [5.41, 5.74) is 0. The molecule has 1 aromatic rings. The highest BCUT2D eigenvalue weighted by Crippen LogP contribution is 2.39. The molecular weight excluding hydrogens is 340 g/mol. The van der Waals surface area contributed by atoms with Gasteiger partial charge in [0.2, 0.25) is 9.84 Å². The lowest BCUT2D eigenvalue weighted by molar-refractivity contribution is 0.0828. The summed E-state index contributed by atoms with van der Waals surface area (Å²) < 4.78 is 31.8. The summed E-state index contributed by atoms with van der Waals surface area (Å²) in [5.74, 6) is 0. The SMILES string of the molecule is CC(C)(C)[Si](C)(C)O[C@H]1C=CC=C(S(=O)(=O)c2ccccc2)[C@H]1O. The molecule has 2 rings (SSSR count). The molecule has 0 heterocycles. The van der Waals surface area contributed by atoms with Gasteiger partial charge in [-0.05, 0) is 36.3 Å². The predicted octanol–water partition coefficient (Wildman–Crippen LogP) is 3.67. The zero-order valence-electron chi connectivity index (χ0n) is 14.9. The Morgan fingerprint density at radius 1 is 1.12 bits per heavy atom. The van der Waals surface area contributed by atoms with Crippen molar-refractivity contribution in [3.63, 3.8) is 0 Å². The van der Waals surface area contributed by atoms with E-state index in [1.54, 1.807) is 30.4 Å². The minimum Gasteiger partial charge on any atom is -0.408 e. The molecule has 24 heavy (non-hydrogen) atoms. The van der Waals surface area contributed by atoms with Gasteiger partial charge < -0.3 is 9.53 Å². The molecule has 0 radical (unpaired) electrons. The summed E-state index contributed by atoms with van der Waals surface area (Å²) in [5, 5.41) is 10.6. The Morgan fingerprint density at radius 3 is 2.25 bits per heavy atom. The lowest BCUT2D eigenvalue weighted by Gasteiger charge is -2.40. The molecule has 0 fully saturated rings. The van der Waals surface area contributed by atoms with Gasteiger partial charge in [0.25, 0.3) is 0 Å². The van der Waals surface area contributed by atoms with Crippen LogP contribution in [0.1, 0.15) is 20.8 Å². The first-order chi connectivity index (χ1) is 11.0. The second kappa shape index (κ2) is 6.59. The van der Waals surface area contributed by atoms with Crippen molar-refractivity contribution in [2.24, 2.45) is 0 Å². The maximum absolute atomic E-state index is 12.8. The molecule has 2 atom stereocenters. The molecule has 1 aromatic carbocycles. The maximum Gasteiger partial charge on any atom is 0.205 e. The van der Waals surface area contributed by atoms with Crippen LogP contribution in [0.25, 0.3) is 0 Å². The number of allylic oxidation sites excluding steroid dienone is 2. The Morgan fingerprint density at radius 2 is 1.71 bits per heavy atom. The summed E-state index contributed by atoms with van der Waals surface area (Å²) in [4.78, 5) is 0.164. The van der Waals surface area contributed by atoms with Gasteiger partial charge in [0.05, 0.1) is 15.9 Å². The van der Waals surface area contributed by atoms with Crippen molar-refractivity contribution in [3.8, 4) is 0 Å². The van der Waals surface area contributed by atoms with Crippen molar-refractivity contribution < 1.29 is 18.0 Å². The molecule has 1 N–H and O–H groups in total. The van der Waals surface area contributed by atoms with Crippen LogP contribution >= 0.6 is 0 Å². The quantitative estimate of drug-likeness (QED) is 0.826. The van der Waals surface area contributed by atoms with Gasteiger partial charge in [0, 0.05) is 0 Å². The van der Waals surface area contributed by atoms with E-state index in [0.717, 1.165) is 0 Å². The van der Waals surface area contributed by atoms with E-state index in [0.29, 0.717) is 0 Å². The van der Waals surface area contributed by atoms with Crippen LogP contribution < -0.4 is 0 Å². The smallest absolute Gasteiger partial charge is 0.205 e. The van der Waals surface area contributed by atoms with Crippen LogP contribution in [0.3, 0.4) is 0 Å². The predicted molar refractivity (Wildman–Crippen MR) is 98.9 cm³/mol. The topological polar surface area (TPSA) is 63.6 Å². The molecule has 4 nitrogen and oxygen atoms in total. The monoisotopic (exact) mass is 366 g/mol. The second-order valence-corrected chi connectivity index (χ2v) is 14.3. The summed E-state index contributed by atoms with van der Waals surface area (Å²) in [6.07, 6.45) is 2.99. The van der Waals surface area contributed by atoms with E-state index in [1.165, 1.54) is 18.2 Å². The number of rotatable bonds is 4. The van der Waals surface area contributed by atoms with Gasteiger partial charge in [-0.3, -0.25) is 0 Å². The average Bonchev–Trinajstić information content (AvgIpc) is 2.49. The lowest BCUT2D eigenvalue weighted by atomic mass is 10.1. The fourth-order valence-corrected chi connectivity index (χ4v) is 4.97. The van der Waals surface area contributed by atoms with E-state index >= 15 is 0 Å². The summed E-state index contributed by atoms with van der Waals surface area (Å²) in [7, 11) is -5.88. The van der Waals surface area contributed by atoms with Crippen LogP contribution in [0.5, 0.6) is 0 Å². The van der Waals surface area contributed by atoms with Crippen molar-refractivity contribution in [1.29, 1.82) is 0 Å². The minimum absolute atomic E-state index is 0.0140. The molecule has 0 amide bonds. The highest BCUT2D eigenvalue weighted by atomic mass is 32.2. The van der Waals surface area contributed by atoms with Gasteiger partial charge >= 0.3 is 0 Å². The summed E-state index contributed by atoms with van der Waals surface area (Å²) in [6, 6.07) is 8.16. The van der Waals surface area contributed by atoms with Crippen molar-refractivity contribution in [3.05, 3.63) is 53.5 Å². The second-order valence-electron chi connectivity index (χ2n) is 7.56. The molecule has 1 aliphatic carbocycles. The molecule has 0 aliphatic heterocycles. The van der Waals surface area contributed by atoms with E-state index in [-0.39, 0.29) is 14.8 Å². The molecule has 0 saturated heterocycles. The molecule has 0 aromatic heterocycles. The summed E-state index contributed by atoms with van der Waals surface area (Å²) >= 11 is 0. The number of benzene rings is 1. The van der Waals surface area contributed by atoms with Gasteiger partial charge in [-0.25, -0.2) is 8.42 Å². The van der Waals surface area contributed by atoms with Crippen molar-refractivity contribution in [2.75, 3.05) is 0 Å². The van der Waals surface area contributed by atoms with Crippen LogP contribution in [-0.2, 0) is 14.3 Å². The van der Waals surface area contributed by atoms with Gasteiger partial charge in [-0.2, -0.15) is 0 Å². The first kappa shape index (κ1) is 19.1. The normalized spacial score (nSPS) is 22.3. The molecule has 0 unspecified atom stereocenters. The number of aliphatic hydroxyl groups is 1. The van der Waals surface area contributed by atoms with Crippen LogP contribution in [-0.4, -0.2) is 34.0 Å². The molecule has 132 valence electrons. The van der Waals surface area contributed by atoms with Crippen molar-refractivity contribution >= 4 is 18.2 Å². The van der Waals surface area contributed by atoms with E-state index in [2.05, 4.69) is 33.9 Å². The Hall–Kier alpha value is -1.21. The van der Waals surface area contributed by atoms with Crippen molar-refractivity contribution in [2.45, 2.75) is 56.0 Å². The third-order valence-electron chi connectivity index (χ3n) is 4.76. The van der Waals surface area contributed by atoms with Gasteiger partial charge in [-0.1, -0.05) is 51.1 Å². The Kier molecular flexibility index (Phi) is 5.25. The highest BCUT2D eigenvalue weighted by Gasteiger charge is 2.42. The minimum atomic E-state index is -3.74. The number of sulfone groups is 1. The van der Waals surface area contributed by atoms with E-state index in [4.69, 9.17) is 4.43 Å². The third kappa shape index (κ3) is 3.72. The van der Waals surface area contributed by atoms with Crippen LogP contribution in [0.15, 0.2) is 58.4 Å². The third-order valence-corrected chi connectivity index (χ3v) is 11.1. The molecule has 6 heteroatoms. The molecule has 0 spiro atoms. The summed E-state index contributed by atoms with van der Waals surface area (Å²) in [6.45, 7) is 10.5. The molecule has 0 bridgehead atoms. The Bertz CT molecular complexity index is 743. The van der Waals surface area contributed by atoms with Crippen LogP contribution in [0.4, 0.5) is 0 Å². The van der Waals surface area contributed by atoms with E-state index in [1.807, 2.05) is 0 Å². The first-order valence-corrected chi connectivity index (χ1v) is 12.4. The van der Waals surface area contributed by atoms with Crippen LogP contribution in [0, 0.1) is 0 Å². The first-order valence-electron chi connectivity index (χ1n) is 8.01. The van der Waals surface area contributed by atoms with Gasteiger partial charge in [-0.15, -0.1) is 0 Å². The highest BCUT2D eigenvalue weighted by molar-refractivity contribution is 7.95. The average molecular weight is 367 g/mol. The lowest BCUT2D eigenvalue weighted by Crippen LogP contribution is -2.47. The van der Waals surface area contributed by atoms with Gasteiger partial charge in [0.15, 0.2) is 8.32 Å². The number of aliphatic hydroxyl groups excluding tert-OH is 1. The Labute approximate surface area is 145 Å². The van der Waals surface area contributed by atoms with E-state index in [9.17, 15) is 13.5 Å². The number of hydrogen-bond acceptors (Lipinski definition) is 4. The molecule has 0 saturated carbocycles. The molecule has 1 aliphatic rings.